The summed E-state index contributed by atoms with van der Waals surface area (Å²) >= 11 is 0. The van der Waals surface area contributed by atoms with Crippen molar-refractivity contribution in [1.82, 2.24) is 19.9 Å². The molecule has 0 bridgehead atoms. The fourth-order valence-corrected chi connectivity index (χ4v) is 3.27. The van der Waals surface area contributed by atoms with Crippen LogP contribution in [-0.4, -0.2) is 44.7 Å². The zero-order valence-electron chi connectivity index (χ0n) is 13.4. The Kier molecular flexibility index (Phi) is 3.78. The zero-order valence-corrected chi connectivity index (χ0v) is 13.4. The summed E-state index contributed by atoms with van der Waals surface area (Å²) in [5, 5.41) is 18.1. The van der Waals surface area contributed by atoms with Crippen LogP contribution in [0.3, 0.4) is 0 Å². The lowest BCUT2D eigenvalue weighted by molar-refractivity contribution is 0.227. The van der Waals surface area contributed by atoms with Gasteiger partial charge in [-0.1, -0.05) is 18.2 Å². The highest BCUT2D eigenvalue weighted by atomic mass is 16.5. The van der Waals surface area contributed by atoms with Crippen LogP contribution >= 0.6 is 0 Å². The average Bonchev–Trinajstić information content (AvgIpc) is 3.34. The molecule has 0 saturated carbocycles. The normalized spacial score (nSPS) is 20.7. The van der Waals surface area contributed by atoms with Crippen LogP contribution in [0.2, 0.25) is 0 Å². The number of aromatic nitrogens is 4. The third kappa shape index (κ3) is 2.67. The molecular weight excluding hydrogens is 306 g/mol. The molecule has 1 N–H and O–H groups in total. The molecule has 0 amide bonds. The first-order valence-corrected chi connectivity index (χ1v) is 7.98. The topological polar surface area (TPSA) is 80.2 Å². The second-order valence-electron chi connectivity index (χ2n) is 6.17. The summed E-state index contributed by atoms with van der Waals surface area (Å²) in [6.07, 6.45) is 3.87. The Bertz CT molecular complexity index is 813. The van der Waals surface area contributed by atoms with E-state index in [9.17, 15) is 5.11 Å². The lowest BCUT2D eigenvalue weighted by atomic mass is 9.92. The van der Waals surface area contributed by atoms with E-state index in [1.165, 1.54) is 0 Å². The fourth-order valence-electron chi connectivity index (χ4n) is 3.27. The highest BCUT2D eigenvalue weighted by Crippen LogP contribution is 2.34. The molecule has 1 aromatic carbocycles. The van der Waals surface area contributed by atoms with Crippen molar-refractivity contribution in [3.05, 3.63) is 48.3 Å². The summed E-state index contributed by atoms with van der Waals surface area (Å²) in [7, 11) is 1.90. The first-order valence-electron chi connectivity index (χ1n) is 7.98. The maximum Gasteiger partial charge on any atom is 0.266 e. The molecule has 0 unspecified atom stereocenters. The molecule has 3 heterocycles. The Labute approximate surface area is 139 Å². The molecule has 1 fully saturated rings. The average molecular weight is 325 g/mol. The van der Waals surface area contributed by atoms with Crippen LogP contribution in [-0.2, 0) is 7.05 Å². The maximum absolute atomic E-state index is 9.73. The van der Waals surface area contributed by atoms with Crippen molar-refractivity contribution in [2.24, 2.45) is 13.0 Å². The summed E-state index contributed by atoms with van der Waals surface area (Å²) in [4.78, 5) is 6.57. The lowest BCUT2D eigenvalue weighted by Crippen LogP contribution is -2.21. The quantitative estimate of drug-likeness (QED) is 0.786. The summed E-state index contributed by atoms with van der Waals surface area (Å²) in [5.74, 6) is 1.42. The molecule has 124 valence electrons. The number of aliphatic hydroxyl groups excluding tert-OH is 1. The van der Waals surface area contributed by atoms with Crippen molar-refractivity contribution in [2.75, 3.05) is 24.6 Å². The van der Waals surface area contributed by atoms with E-state index in [2.05, 4.69) is 20.1 Å². The molecule has 0 spiro atoms. The summed E-state index contributed by atoms with van der Waals surface area (Å²) in [5.41, 5.74) is 2.03. The Hall–Kier alpha value is -2.67. The van der Waals surface area contributed by atoms with Crippen molar-refractivity contribution in [1.29, 1.82) is 0 Å². The van der Waals surface area contributed by atoms with Crippen molar-refractivity contribution in [2.45, 2.75) is 5.92 Å². The predicted octanol–water partition coefficient (Wildman–Crippen LogP) is 1.68. The number of benzene rings is 1. The van der Waals surface area contributed by atoms with Gasteiger partial charge in [0.2, 0.25) is 0 Å². The van der Waals surface area contributed by atoms with Gasteiger partial charge in [0.1, 0.15) is 0 Å². The van der Waals surface area contributed by atoms with E-state index in [0.717, 1.165) is 17.7 Å². The third-order valence-electron chi connectivity index (χ3n) is 4.55. The van der Waals surface area contributed by atoms with E-state index in [4.69, 9.17) is 4.52 Å². The highest BCUT2D eigenvalue weighted by molar-refractivity contribution is 5.54. The van der Waals surface area contributed by atoms with Gasteiger partial charge in [-0.05, 0) is 22.9 Å². The van der Waals surface area contributed by atoms with E-state index in [1.54, 1.807) is 4.68 Å². The van der Waals surface area contributed by atoms with Gasteiger partial charge >= 0.3 is 0 Å². The molecule has 7 heteroatoms. The Balaban J connectivity index is 1.56. The van der Waals surface area contributed by atoms with Gasteiger partial charge in [0.15, 0.2) is 0 Å². The number of anilines is 1. The van der Waals surface area contributed by atoms with Crippen molar-refractivity contribution >= 4 is 5.95 Å². The van der Waals surface area contributed by atoms with Gasteiger partial charge in [-0.25, -0.2) is 0 Å². The van der Waals surface area contributed by atoms with Crippen LogP contribution in [0.1, 0.15) is 11.5 Å². The molecule has 0 aliphatic carbocycles. The molecule has 1 saturated heterocycles. The van der Waals surface area contributed by atoms with Gasteiger partial charge in [-0.2, -0.15) is 10.1 Å². The van der Waals surface area contributed by atoms with Gasteiger partial charge in [0.05, 0.1) is 6.20 Å². The molecule has 7 nitrogen and oxygen atoms in total. The molecule has 1 aliphatic heterocycles. The minimum absolute atomic E-state index is 0.124. The molecular formula is C17H19N5O2. The molecule has 2 atom stereocenters. The minimum Gasteiger partial charge on any atom is -0.396 e. The predicted molar refractivity (Wildman–Crippen MR) is 88.5 cm³/mol. The number of nitrogens with zero attached hydrogens (tertiary/aromatic N) is 5. The monoisotopic (exact) mass is 325 g/mol. The van der Waals surface area contributed by atoms with Gasteiger partial charge in [0.25, 0.3) is 11.8 Å². The summed E-state index contributed by atoms with van der Waals surface area (Å²) in [6, 6.07) is 9.71. The largest absolute Gasteiger partial charge is 0.396 e. The van der Waals surface area contributed by atoms with E-state index in [-0.39, 0.29) is 18.4 Å². The zero-order chi connectivity index (χ0) is 16.5. The third-order valence-corrected chi connectivity index (χ3v) is 4.55. The van der Waals surface area contributed by atoms with Gasteiger partial charge in [-0.15, -0.1) is 0 Å². The minimum atomic E-state index is 0.124. The van der Waals surface area contributed by atoms with E-state index in [0.29, 0.717) is 18.4 Å². The molecule has 3 aromatic rings. The maximum atomic E-state index is 9.73. The van der Waals surface area contributed by atoms with Crippen LogP contribution < -0.4 is 4.90 Å². The molecule has 2 aromatic heterocycles. The van der Waals surface area contributed by atoms with E-state index < -0.39 is 0 Å². The van der Waals surface area contributed by atoms with Crippen LogP contribution in [0, 0.1) is 5.92 Å². The molecule has 24 heavy (non-hydrogen) atoms. The van der Waals surface area contributed by atoms with Crippen molar-refractivity contribution in [3.8, 4) is 11.5 Å². The number of hydrogen-bond acceptors (Lipinski definition) is 6. The Morgan fingerprint density at radius 1 is 1.25 bits per heavy atom. The van der Waals surface area contributed by atoms with Crippen molar-refractivity contribution in [3.63, 3.8) is 0 Å². The number of aryl methyl sites for hydroxylation is 1. The lowest BCUT2D eigenvalue weighted by Gasteiger charge is -2.13. The molecule has 4 rings (SSSR count). The van der Waals surface area contributed by atoms with Crippen LogP contribution in [0.15, 0.2) is 47.2 Å². The Morgan fingerprint density at radius 2 is 2.08 bits per heavy atom. The number of rotatable bonds is 4. The van der Waals surface area contributed by atoms with Gasteiger partial charge < -0.3 is 14.5 Å². The number of aliphatic hydroxyl groups is 1. The second-order valence-corrected chi connectivity index (χ2v) is 6.17. The van der Waals surface area contributed by atoms with Gasteiger partial charge in [-0.3, -0.25) is 4.68 Å². The van der Waals surface area contributed by atoms with Crippen LogP contribution in [0.5, 0.6) is 0 Å². The first kappa shape index (κ1) is 14.9. The number of hydrogen-bond donors (Lipinski definition) is 1. The summed E-state index contributed by atoms with van der Waals surface area (Å²) < 4.78 is 7.18. The highest BCUT2D eigenvalue weighted by Gasteiger charge is 2.36. The Morgan fingerprint density at radius 3 is 2.79 bits per heavy atom. The summed E-state index contributed by atoms with van der Waals surface area (Å²) in [6.45, 7) is 1.56. The van der Waals surface area contributed by atoms with Crippen LogP contribution in [0.4, 0.5) is 5.95 Å². The smallest absolute Gasteiger partial charge is 0.266 e. The standard InChI is InChI=1S/C17H19N5O2/c1-21-8-13(7-18-21)15-10-22(9-14(15)11-23)17-19-16(24-20-17)12-5-3-2-4-6-12/h2-8,14-15,23H,9-11H2,1H3/t14-,15-/m0/s1. The second kappa shape index (κ2) is 6.09. The fraction of sp³-hybridized carbons (Fsp3) is 0.353. The van der Waals surface area contributed by atoms with E-state index >= 15 is 0 Å². The van der Waals surface area contributed by atoms with Gasteiger partial charge in [0, 0.05) is 50.3 Å². The molecule has 1 aliphatic rings. The van der Waals surface area contributed by atoms with Crippen LogP contribution in [0.25, 0.3) is 11.5 Å². The first-order chi connectivity index (χ1) is 11.7. The van der Waals surface area contributed by atoms with E-state index in [1.807, 2.05) is 49.8 Å². The van der Waals surface area contributed by atoms with Crippen molar-refractivity contribution < 1.29 is 9.63 Å². The SMILES string of the molecule is Cn1cc([C@@H]2CN(c3noc(-c4ccccc4)n3)C[C@H]2CO)cn1. The molecule has 0 radical (unpaired) electrons.